The molecule has 0 aromatic heterocycles. The van der Waals surface area contributed by atoms with Crippen LogP contribution < -0.4 is 0 Å². The van der Waals surface area contributed by atoms with Crippen LogP contribution in [0.4, 0.5) is 0 Å². The Balaban J connectivity index is 1.81. The highest BCUT2D eigenvalue weighted by molar-refractivity contribution is 5.33. The van der Waals surface area contributed by atoms with E-state index in [2.05, 4.69) is 66.4 Å². The van der Waals surface area contributed by atoms with Crippen LogP contribution in [0.1, 0.15) is 29.7 Å². The second-order valence-electron chi connectivity index (χ2n) is 4.77. The zero-order chi connectivity index (χ0) is 11.7. The SMILES string of the molecule is CC1c2ccccc2CN1Cc1ccccc1. The average molecular weight is 223 g/mol. The summed E-state index contributed by atoms with van der Waals surface area (Å²) in [7, 11) is 0. The molecule has 0 N–H and O–H groups in total. The van der Waals surface area contributed by atoms with Gasteiger partial charge in [-0.15, -0.1) is 0 Å². The molecule has 0 fully saturated rings. The van der Waals surface area contributed by atoms with E-state index in [1.807, 2.05) is 0 Å². The first kappa shape index (κ1) is 10.5. The fourth-order valence-electron chi connectivity index (χ4n) is 2.65. The molecule has 1 heterocycles. The summed E-state index contributed by atoms with van der Waals surface area (Å²) in [4.78, 5) is 2.53. The molecule has 0 saturated heterocycles. The van der Waals surface area contributed by atoms with Gasteiger partial charge in [-0.25, -0.2) is 0 Å². The van der Waals surface area contributed by atoms with Gasteiger partial charge in [-0.2, -0.15) is 0 Å². The first-order valence-electron chi connectivity index (χ1n) is 6.20. The molecule has 1 atom stereocenters. The van der Waals surface area contributed by atoms with Gasteiger partial charge in [0.25, 0.3) is 0 Å². The lowest BCUT2D eigenvalue weighted by Crippen LogP contribution is -2.19. The predicted molar refractivity (Wildman–Crippen MR) is 70.5 cm³/mol. The van der Waals surface area contributed by atoms with Crippen molar-refractivity contribution in [2.24, 2.45) is 0 Å². The molecular formula is C16H17N. The van der Waals surface area contributed by atoms with E-state index in [0.717, 1.165) is 13.1 Å². The Morgan fingerprint density at radius 1 is 1.00 bits per heavy atom. The highest BCUT2D eigenvalue weighted by Gasteiger charge is 2.25. The fourth-order valence-corrected chi connectivity index (χ4v) is 2.65. The molecule has 86 valence electrons. The summed E-state index contributed by atoms with van der Waals surface area (Å²) >= 11 is 0. The molecule has 0 saturated carbocycles. The molecule has 2 aromatic rings. The van der Waals surface area contributed by atoms with Gasteiger partial charge >= 0.3 is 0 Å². The molecule has 0 bridgehead atoms. The van der Waals surface area contributed by atoms with Crippen molar-refractivity contribution in [3.05, 3.63) is 71.3 Å². The van der Waals surface area contributed by atoms with Crippen molar-refractivity contribution in [2.45, 2.75) is 26.1 Å². The van der Waals surface area contributed by atoms with Gasteiger partial charge in [-0.1, -0.05) is 54.6 Å². The van der Waals surface area contributed by atoms with Crippen molar-refractivity contribution in [2.75, 3.05) is 0 Å². The molecule has 2 aromatic carbocycles. The van der Waals surface area contributed by atoms with E-state index in [1.54, 1.807) is 0 Å². The third-order valence-electron chi connectivity index (χ3n) is 3.65. The lowest BCUT2D eigenvalue weighted by molar-refractivity contribution is 0.220. The Bertz CT molecular complexity index is 504. The van der Waals surface area contributed by atoms with Crippen molar-refractivity contribution >= 4 is 0 Å². The lowest BCUT2D eigenvalue weighted by Gasteiger charge is -2.21. The van der Waals surface area contributed by atoms with Crippen LogP contribution in [0.15, 0.2) is 54.6 Å². The molecule has 1 aliphatic heterocycles. The maximum Gasteiger partial charge on any atom is 0.0330 e. The molecule has 1 unspecified atom stereocenters. The quantitative estimate of drug-likeness (QED) is 0.749. The van der Waals surface area contributed by atoms with Crippen LogP contribution in [0.25, 0.3) is 0 Å². The highest BCUT2D eigenvalue weighted by atomic mass is 15.2. The van der Waals surface area contributed by atoms with Gasteiger partial charge in [0.2, 0.25) is 0 Å². The number of rotatable bonds is 2. The van der Waals surface area contributed by atoms with Crippen LogP contribution in [-0.4, -0.2) is 4.90 Å². The summed E-state index contributed by atoms with van der Waals surface area (Å²) in [5.41, 5.74) is 4.37. The van der Waals surface area contributed by atoms with E-state index in [9.17, 15) is 0 Å². The molecule has 1 nitrogen and oxygen atoms in total. The molecule has 0 spiro atoms. The normalized spacial score (nSPS) is 19.2. The Labute approximate surface area is 103 Å². The van der Waals surface area contributed by atoms with Gasteiger partial charge in [0.1, 0.15) is 0 Å². The Morgan fingerprint density at radius 3 is 2.47 bits per heavy atom. The van der Waals surface area contributed by atoms with E-state index in [1.165, 1.54) is 16.7 Å². The summed E-state index contributed by atoms with van der Waals surface area (Å²) in [5, 5.41) is 0. The van der Waals surface area contributed by atoms with Gasteiger partial charge in [-0.3, -0.25) is 4.90 Å². The van der Waals surface area contributed by atoms with Crippen LogP contribution >= 0.6 is 0 Å². The maximum absolute atomic E-state index is 2.53. The second-order valence-corrected chi connectivity index (χ2v) is 4.77. The summed E-state index contributed by atoms with van der Waals surface area (Å²) in [6, 6.07) is 20.0. The minimum atomic E-state index is 0.534. The van der Waals surface area contributed by atoms with Crippen LogP contribution in [-0.2, 0) is 13.1 Å². The zero-order valence-corrected chi connectivity index (χ0v) is 10.1. The Hall–Kier alpha value is -1.60. The highest BCUT2D eigenvalue weighted by Crippen LogP contribution is 2.33. The van der Waals surface area contributed by atoms with Crippen LogP contribution in [0.3, 0.4) is 0 Å². The third kappa shape index (κ3) is 1.98. The predicted octanol–water partition coefficient (Wildman–Crippen LogP) is 3.76. The van der Waals surface area contributed by atoms with E-state index in [-0.39, 0.29) is 0 Å². The smallest absolute Gasteiger partial charge is 0.0330 e. The second kappa shape index (κ2) is 4.34. The summed E-state index contributed by atoms with van der Waals surface area (Å²) in [6.07, 6.45) is 0. The molecule has 0 aliphatic carbocycles. The standard InChI is InChI=1S/C16H17N/c1-13-16-10-6-5-9-15(16)12-17(13)11-14-7-3-2-4-8-14/h2-10,13H,11-12H2,1H3. The maximum atomic E-state index is 2.53. The zero-order valence-electron chi connectivity index (χ0n) is 10.1. The van der Waals surface area contributed by atoms with Gasteiger partial charge in [0.05, 0.1) is 0 Å². The minimum Gasteiger partial charge on any atom is -0.288 e. The van der Waals surface area contributed by atoms with Gasteiger partial charge in [0.15, 0.2) is 0 Å². The molecule has 0 radical (unpaired) electrons. The van der Waals surface area contributed by atoms with E-state index in [0.29, 0.717) is 6.04 Å². The molecule has 1 heteroatoms. The Morgan fingerprint density at radius 2 is 1.71 bits per heavy atom. The molecule has 17 heavy (non-hydrogen) atoms. The summed E-state index contributed by atoms with van der Waals surface area (Å²) < 4.78 is 0. The third-order valence-corrected chi connectivity index (χ3v) is 3.65. The summed E-state index contributed by atoms with van der Waals surface area (Å²) in [5.74, 6) is 0. The lowest BCUT2D eigenvalue weighted by atomic mass is 10.1. The molecule has 3 rings (SSSR count). The van der Waals surface area contributed by atoms with E-state index in [4.69, 9.17) is 0 Å². The van der Waals surface area contributed by atoms with E-state index >= 15 is 0 Å². The Kier molecular flexibility index (Phi) is 2.69. The fraction of sp³-hybridized carbons (Fsp3) is 0.250. The van der Waals surface area contributed by atoms with Gasteiger partial charge < -0.3 is 0 Å². The average Bonchev–Trinajstić information content (AvgIpc) is 2.68. The molecule has 1 aliphatic rings. The van der Waals surface area contributed by atoms with Crippen LogP contribution in [0, 0.1) is 0 Å². The largest absolute Gasteiger partial charge is 0.288 e. The number of hydrogen-bond donors (Lipinski definition) is 0. The number of fused-ring (bicyclic) bond motifs is 1. The minimum absolute atomic E-state index is 0.534. The van der Waals surface area contributed by atoms with Crippen molar-refractivity contribution < 1.29 is 0 Å². The number of nitrogens with zero attached hydrogens (tertiary/aromatic N) is 1. The summed E-state index contributed by atoms with van der Waals surface area (Å²) in [6.45, 7) is 4.41. The molecular weight excluding hydrogens is 206 g/mol. The van der Waals surface area contributed by atoms with Crippen LogP contribution in [0.2, 0.25) is 0 Å². The first-order valence-corrected chi connectivity index (χ1v) is 6.20. The van der Waals surface area contributed by atoms with Crippen molar-refractivity contribution in [3.8, 4) is 0 Å². The van der Waals surface area contributed by atoms with E-state index < -0.39 is 0 Å². The van der Waals surface area contributed by atoms with Crippen LogP contribution in [0.5, 0.6) is 0 Å². The number of benzene rings is 2. The number of hydrogen-bond acceptors (Lipinski definition) is 1. The monoisotopic (exact) mass is 223 g/mol. The van der Waals surface area contributed by atoms with Gasteiger partial charge in [-0.05, 0) is 23.6 Å². The van der Waals surface area contributed by atoms with Gasteiger partial charge in [0, 0.05) is 19.1 Å². The van der Waals surface area contributed by atoms with Crippen molar-refractivity contribution in [3.63, 3.8) is 0 Å². The van der Waals surface area contributed by atoms with Crippen molar-refractivity contribution in [1.82, 2.24) is 4.90 Å². The molecule has 0 amide bonds. The topological polar surface area (TPSA) is 3.24 Å². The van der Waals surface area contributed by atoms with Crippen molar-refractivity contribution in [1.29, 1.82) is 0 Å². The first-order chi connectivity index (χ1) is 8.34.